The molecule has 3 aromatic rings. The first-order chi connectivity index (χ1) is 9.38. The largest absolute Gasteiger partial charge is 0.468 e. The first-order valence-corrected chi connectivity index (χ1v) is 6.44. The Bertz CT molecular complexity index is 644. The van der Waals surface area contributed by atoms with Crippen LogP contribution in [0, 0.1) is 0 Å². The lowest BCUT2D eigenvalue weighted by Crippen LogP contribution is -2.21. The predicted molar refractivity (Wildman–Crippen MR) is 71.6 cm³/mol. The molecule has 19 heavy (non-hydrogen) atoms. The quantitative estimate of drug-likeness (QED) is 0.762. The van der Waals surface area contributed by atoms with Crippen LogP contribution < -0.4 is 5.32 Å². The van der Waals surface area contributed by atoms with Gasteiger partial charge in [-0.05, 0) is 30.7 Å². The molecule has 0 aliphatic rings. The van der Waals surface area contributed by atoms with Crippen LogP contribution in [0.5, 0.6) is 0 Å². The maximum atomic E-state index is 5.44. The second-order valence-electron chi connectivity index (χ2n) is 4.40. The van der Waals surface area contributed by atoms with Crippen molar-refractivity contribution in [1.29, 1.82) is 0 Å². The molecule has 3 rings (SSSR count). The van der Waals surface area contributed by atoms with Gasteiger partial charge in [0, 0.05) is 6.20 Å². The molecule has 5 nitrogen and oxygen atoms in total. The molecule has 1 atom stereocenters. The van der Waals surface area contributed by atoms with Crippen molar-refractivity contribution in [3.63, 3.8) is 0 Å². The van der Waals surface area contributed by atoms with E-state index in [2.05, 4.69) is 22.4 Å². The Hall–Kier alpha value is -2.14. The highest BCUT2D eigenvalue weighted by Crippen LogP contribution is 2.17. The van der Waals surface area contributed by atoms with Gasteiger partial charge in [0.1, 0.15) is 5.76 Å². The zero-order chi connectivity index (χ0) is 13.1. The Balaban J connectivity index is 1.75. The highest BCUT2D eigenvalue weighted by Gasteiger charge is 2.13. The van der Waals surface area contributed by atoms with E-state index in [1.54, 1.807) is 6.26 Å². The maximum absolute atomic E-state index is 5.44. The van der Waals surface area contributed by atoms with Crippen LogP contribution >= 0.6 is 0 Å². The zero-order valence-corrected chi connectivity index (χ0v) is 10.8. The van der Waals surface area contributed by atoms with E-state index in [-0.39, 0.29) is 6.04 Å². The molecule has 0 amide bonds. The second kappa shape index (κ2) is 5.24. The third kappa shape index (κ3) is 2.37. The monoisotopic (exact) mass is 256 g/mol. The SMILES string of the molecule is CCC(NCc1nnc2ccccn12)c1ccco1. The van der Waals surface area contributed by atoms with Gasteiger partial charge in [-0.1, -0.05) is 13.0 Å². The van der Waals surface area contributed by atoms with Gasteiger partial charge in [0.2, 0.25) is 0 Å². The molecule has 3 aromatic heterocycles. The zero-order valence-electron chi connectivity index (χ0n) is 10.8. The van der Waals surface area contributed by atoms with E-state index in [1.165, 1.54) is 0 Å². The fraction of sp³-hybridized carbons (Fsp3) is 0.286. The van der Waals surface area contributed by atoms with Gasteiger partial charge in [0.25, 0.3) is 0 Å². The summed E-state index contributed by atoms with van der Waals surface area (Å²) >= 11 is 0. The van der Waals surface area contributed by atoms with E-state index in [0.717, 1.165) is 23.7 Å². The van der Waals surface area contributed by atoms with Crippen molar-refractivity contribution in [2.45, 2.75) is 25.9 Å². The normalized spacial score (nSPS) is 12.9. The molecule has 1 unspecified atom stereocenters. The molecule has 0 saturated carbocycles. The number of aromatic nitrogens is 3. The Morgan fingerprint density at radius 1 is 1.26 bits per heavy atom. The summed E-state index contributed by atoms with van der Waals surface area (Å²) in [7, 11) is 0. The predicted octanol–water partition coefficient (Wildman–Crippen LogP) is 2.56. The van der Waals surface area contributed by atoms with Crippen LogP contribution in [-0.2, 0) is 6.54 Å². The number of nitrogens with one attached hydrogen (secondary N) is 1. The van der Waals surface area contributed by atoms with Crippen molar-refractivity contribution < 1.29 is 4.42 Å². The number of fused-ring (bicyclic) bond motifs is 1. The summed E-state index contributed by atoms with van der Waals surface area (Å²) in [5.41, 5.74) is 0.866. The molecule has 0 aliphatic heterocycles. The third-order valence-corrected chi connectivity index (χ3v) is 3.19. The highest BCUT2D eigenvalue weighted by molar-refractivity contribution is 5.36. The Labute approximate surface area is 111 Å². The van der Waals surface area contributed by atoms with Crippen LogP contribution in [0.25, 0.3) is 5.65 Å². The molecule has 0 aromatic carbocycles. The van der Waals surface area contributed by atoms with E-state index in [4.69, 9.17) is 4.42 Å². The van der Waals surface area contributed by atoms with Gasteiger partial charge in [-0.3, -0.25) is 4.40 Å². The van der Waals surface area contributed by atoms with Gasteiger partial charge in [0.15, 0.2) is 11.5 Å². The summed E-state index contributed by atoms with van der Waals surface area (Å²) in [6, 6.07) is 9.98. The smallest absolute Gasteiger partial charge is 0.160 e. The number of pyridine rings is 1. The van der Waals surface area contributed by atoms with E-state index in [1.807, 2.05) is 40.9 Å². The lowest BCUT2D eigenvalue weighted by molar-refractivity contribution is 0.399. The number of furan rings is 1. The molecule has 1 N–H and O–H groups in total. The molecule has 0 fully saturated rings. The molecule has 0 saturated heterocycles. The number of hydrogen-bond donors (Lipinski definition) is 1. The average molecular weight is 256 g/mol. The van der Waals surface area contributed by atoms with Crippen LogP contribution in [0.2, 0.25) is 0 Å². The summed E-state index contributed by atoms with van der Waals surface area (Å²) < 4.78 is 7.43. The van der Waals surface area contributed by atoms with Crippen LogP contribution in [0.1, 0.15) is 31.0 Å². The topological polar surface area (TPSA) is 55.4 Å². The van der Waals surface area contributed by atoms with E-state index >= 15 is 0 Å². The minimum atomic E-state index is 0.200. The van der Waals surface area contributed by atoms with Crippen LogP contribution in [-0.4, -0.2) is 14.6 Å². The number of rotatable bonds is 5. The maximum Gasteiger partial charge on any atom is 0.160 e. The minimum Gasteiger partial charge on any atom is -0.468 e. The molecular weight excluding hydrogens is 240 g/mol. The summed E-state index contributed by atoms with van der Waals surface area (Å²) in [6.07, 6.45) is 4.64. The molecule has 0 aliphatic carbocycles. The Morgan fingerprint density at radius 3 is 3.00 bits per heavy atom. The molecule has 3 heterocycles. The summed E-state index contributed by atoms with van der Waals surface area (Å²) in [6.45, 7) is 2.78. The van der Waals surface area contributed by atoms with Crippen LogP contribution in [0.4, 0.5) is 0 Å². The van der Waals surface area contributed by atoms with E-state index < -0.39 is 0 Å². The van der Waals surface area contributed by atoms with Crippen molar-refractivity contribution in [2.75, 3.05) is 0 Å². The lowest BCUT2D eigenvalue weighted by Gasteiger charge is -2.13. The van der Waals surface area contributed by atoms with E-state index in [9.17, 15) is 0 Å². The average Bonchev–Trinajstić information content (AvgIpc) is 3.09. The Morgan fingerprint density at radius 2 is 2.21 bits per heavy atom. The summed E-state index contributed by atoms with van der Waals surface area (Å²) in [4.78, 5) is 0. The van der Waals surface area contributed by atoms with Crippen LogP contribution in [0.15, 0.2) is 47.2 Å². The molecule has 98 valence electrons. The first-order valence-electron chi connectivity index (χ1n) is 6.44. The highest BCUT2D eigenvalue weighted by atomic mass is 16.3. The molecule has 0 spiro atoms. The minimum absolute atomic E-state index is 0.200. The third-order valence-electron chi connectivity index (χ3n) is 3.19. The molecule has 5 heteroatoms. The van der Waals surface area contributed by atoms with Crippen molar-refractivity contribution in [2.24, 2.45) is 0 Å². The summed E-state index contributed by atoms with van der Waals surface area (Å²) in [5, 5.41) is 11.8. The van der Waals surface area contributed by atoms with Crippen molar-refractivity contribution in [3.8, 4) is 0 Å². The van der Waals surface area contributed by atoms with Gasteiger partial charge in [-0.15, -0.1) is 10.2 Å². The number of nitrogens with zero attached hydrogens (tertiary/aromatic N) is 3. The van der Waals surface area contributed by atoms with Crippen LogP contribution in [0.3, 0.4) is 0 Å². The second-order valence-corrected chi connectivity index (χ2v) is 4.40. The molecule has 0 radical (unpaired) electrons. The number of hydrogen-bond acceptors (Lipinski definition) is 4. The molecule has 0 bridgehead atoms. The summed E-state index contributed by atoms with van der Waals surface area (Å²) in [5.74, 6) is 1.86. The van der Waals surface area contributed by atoms with Gasteiger partial charge in [-0.2, -0.15) is 0 Å². The van der Waals surface area contributed by atoms with Gasteiger partial charge in [0.05, 0.1) is 18.8 Å². The standard InChI is InChI=1S/C14H16N4O/c1-2-11(12-6-5-9-19-12)15-10-14-17-16-13-7-3-4-8-18(13)14/h3-9,11,15H,2,10H2,1H3. The Kier molecular flexibility index (Phi) is 3.29. The first kappa shape index (κ1) is 11.9. The fourth-order valence-electron chi connectivity index (χ4n) is 2.16. The van der Waals surface area contributed by atoms with Gasteiger partial charge >= 0.3 is 0 Å². The molecular formula is C14H16N4O. The van der Waals surface area contributed by atoms with Crippen molar-refractivity contribution in [1.82, 2.24) is 19.9 Å². The van der Waals surface area contributed by atoms with Gasteiger partial charge < -0.3 is 9.73 Å². The van der Waals surface area contributed by atoms with Crippen molar-refractivity contribution in [3.05, 3.63) is 54.4 Å². The van der Waals surface area contributed by atoms with Gasteiger partial charge in [-0.25, -0.2) is 0 Å². The van der Waals surface area contributed by atoms with Crippen molar-refractivity contribution >= 4 is 5.65 Å². The fourth-order valence-corrected chi connectivity index (χ4v) is 2.16. The lowest BCUT2D eigenvalue weighted by atomic mass is 10.2. The van der Waals surface area contributed by atoms with E-state index in [0.29, 0.717) is 6.54 Å².